The lowest BCUT2D eigenvalue weighted by Crippen LogP contribution is -2.39. The normalized spacial score (nSPS) is 18.0. The van der Waals surface area contributed by atoms with Gasteiger partial charge in [-0.2, -0.15) is 0 Å². The van der Waals surface area contributed by atoms with Crippen LogP contribution >= 0.6 is 0 Å². The van der Waals surface area contributed by atoms with E-state index in [1.807, 2.05) is 13.0 Å². The molecule has 1 aliphatic rings. The number of benzene rings is 1. The van der Waals surface area contributed by atoms with E-state index in [0.29, 0.717) is 30.5 Å². The Morgan fingerprint density at radius 2 is 2.22 bits per heavy atom. The summed E-state index contributed by atoms with van der Waals surface area (Å²) in [6.07, 6.45) is 3.58. The first-order chi connectivity index (χ1) is 11.1. The van der Waals surface area contributed by atoms with Gasteiger partial charge in [-0.3, -0.25) is 19.7 Å². The molecule has 0 saturated carbocycles. The summed E-state index contributed by atoms with van der Waals surface area (Å²) in [5.41, 5.74) is 2.07. The first kappa shape index (κ1) is 15.3. The number of carbonyl (C=O) groups is 3. The first-order valence-electron chi connectivity index (χ1n) is 7.73. The highest BCUT2D eigenvalue weighted by Crippen LogP contribution is 2.33. The van der Waals surface area contributed by atoms with E-state index in [9.17, 15) is 14.4 Å². The molecule has 3 amide bonds. The number of piperidine rings is 1. The topological polar surface area (TPSA) is 88.4 Å². The molecule has 1 aromatic carbocycles. The molecule has 0 radical (unpaired) electrons. The second-order valence-electron chi connectivity index (χ2n) is 5.70. The summed E-state index contributed by atoms with van der Waals surface area (Å²) in [4.78, 5) is 35.1. The van der Waals surface area contributed by atoms with Crippen LogP contribution in [-0.4, -0.2) is 17.7 Å². The fraction of sp³-hybridized carbons (Fsp3) is 0.353. The fourth-order valence-electron chi connectivity index (χ4n) is 2.84. The van der Waals surface area contributed by atoms with E-state index in [0.717, 1.165) is 17.4 Å². The fourth-order valence-corrected chi connectivity index (χ4v) is 2.84. The second kappa shape index (κ2) is 6.24. The van der Waals surface area contributed by atoms with E-state index in [1.54, 1.807) is 18.4 Å². The zero-order valence-corrected chi connectivity index (χ0v) is 12.8. The van der Waals surface area contributed by atoms with E-state index >= 15 is 0 Å². The van der Waals surface area contributed by atoms with E-state index in [1.165, 1.54) is 0 Å². The lowest BCUT2D eigenvalue weighted by Gasteiger charge is -2.19. The lowest BCUT2D eigenvalue weighted by molar-refractivity contribution is -0.134. The Balaban J connectivity index is 1.91. The number of hydrogen-bond acceptors (Lipinski definition) is 4. The standard InChI is InChI=1S/C17H18N2O4/c1-2-3-15(20)18-10-4-6-14-12(8-10)13(9-23-14)11-5-7-16(21)19-17(11)22/h4,6,8-9,11H,2-3,5,7H2,1H3,(H,18,20)(H,19,21,22). The highest BCUT2D eigenvalue weighted by atomic mass is 16.3. The average molecular weight is 314 g/mol. The van der Waals surface area contributed by atoms with Crippen molar-refractivity contribution in [3.05, 3.63) is 30.0 Å². The third-order valence-electron chi connectivity index (χ3n) is 3.98. The molecule has 1 atom stereocenters. The Hall–Kier alpha value is -2.63. The molecule has 1 fully saturated rings. The molecule has 6 heteroatoms. The molecule has 23 heavy (non-hydrogen) atoms. The minimum Gasteiger partial charge on any atom is -0.464 e. The van der Waals surface area contributed by atoms with Crippen LogP contribution in [0.4, 0.5) is 5.69 Å². The van der Waals surface area contributed by atoms with Crippen LogP contribution in [0.3, 0.4) is 0 Å². The largest absolute Gasteiger partial charge is 0.464 e. The summed E-state index contributed by atoms with van der Waals surface area (Å²) in [5, 5.41) is 5.98. The number of anilines is 1. The third-order valence-corrected chi connectivity index (χ3v) is 3.98. The number of carbonyl (C=O) groups excluding carboxylic acids is 3. The summed E-state index contributed by atoms with van der Waals surface area (Å²) in [6.45, 7) is 1.94. The minimum atomic E-state index is -0.407. The van der Waals surface area contributed by atoms with Gasteiger partial charge in [0.05, 0.1) is 12.2 Å². The highest BCUT2D eigenvalue weighted by Gasteiger charge is 2.30. The molecule has 1 saturated heterocycles. The number of fused-ring (bicyclic) bond motifs is 1. The van der Waals surface area contributed by atoms with Crippen LogP contribution in [0.25, 0.3) is 11.0 Å². The van der Waals surface area contributed by atoms with Crippen molar-refractivity contribution in [2.45, 2.75) is 38.5 Å². The van der Waals surface area contributed by atoms with Crippen molar-refractivity contribution in [2.24, 2.45) is 0 Å². The number of hydrogen-bond donors (Lipinski definition) is 2. The number of rotatable bonds is 4. The second-order valence-corrected chi connectivity index (χ2v) is 5.70. The summed E-state index contributed by atoms with van der Waals surface area (Å²) in [7, 11) is 0. The van der Waals surface area contributed by atoms with E-state index in [-0.39, 0.29) is 17.7 Å². The summed E-state index contributed by atoms with van der Waals surface area (Å²) < 4.78 is 5.51. The summed E-state index contributed by atoms with van der Waals surface area (Å²) in [5.74, 6) is -0.996. The van der Waals surface area contributed by atoms with Crippen molar-refractivity contribution in [3.63, 3.8) is 0 Å². The van der Waals surface area contributed by atoms with Gasteiger partial charge in [0.1, 0.15) is 5.58 Å². The molecular weight excluding hydrogens is 296 g/mol. The first-order valence-corrected chi connectivity index (χ1v) is 7.73. The van der Waals surface area contributed by atoms with Gasteiger partial charge in [0.25, 0.3) is 0 Å². The Kier molecular flexibility index (Phi) is 4.14. The Morgan fingerprint density at radius 3 is 2.96 bits per heavy atom. The van der Waals surface area contributed by atoms with Crippen LogP contribution in [0.2, 0.25) is 0 Å². The Labute approximate surface area is 133 Å². The van der Waals surface area contributed by atoms with E-state index < -0.39 is 5.92 Å². The van der Waals surface area contributed by atoms with Crippen molar-refractivity contribution in [3.8, 4) is 0 Å². The molecule has 1 unspecified atom stereocenters. The summed E-state index contributed by atoms with van der Waals surface area (Å²) >= 11 is 0. The molecule has 2 heterocycles. The van der Waals surface area contributed by atoms with Crippen molar-refractivity contribution in [1.82, 2.24) is 5.32 Å². The molecular formula is C17H18N2O4. The Bertz CT molecular complexity index is 778. The third kappa shape index (κ3) is 3.11. The molecule has 3 rings (SSSR count). The minimum absolute atomic E-state index is 0.0436. The van der Waals surface area contributed by atoms with Gasteiger partial charge in [-0.15, -0.1) is 0 Å². The predicted octanol–water partition coefficient (Wildman–Crippen LogP) is 2.69. The molecule has 0 spiro atoms. The van der Waals surface area contributed by atoms with Gasteiger partial charge in [0.15, 0.2) is 0 Å². The predicted molar refractivity (Wildman–Crippen MR) is 84.9 cm³/mol. The lowest BCUT2D eigenvalue weighted by atomic mass is 9.90. The monoisotopic (exact) mass is 314 g/mol. The molecule has 2 aromatic rings. The maximum atomic E-state index is 12.1. The van der Waals surface area contributed by atoms with Gasteiger partial charge in [-0.25, -0.2) is 0 Å². The van der Waals surface area contributed by atoms with Crippen LogP contribution in [0, 0.1) is 0 Å². The molecule has 120 valence electrons. The molecule has 1 aliphatic heterocycles. The molecule has 6 nitrogen and oxygen atoms in total. The van der Waals surface area contributed by atoms with Crippen molar-refractivity contribution in [2.75, 3.05) is 5.32 Å². The van der Waals surface area contributed by atoms with Crippen molar-refractivity contribution < 1.29 is 18.8 Å². The van der Waals surface area contributed by atoms with Crippen molar-refractivity contribution in [1.29, 1.82) is 0 Å². The smallest absolute Gasteiger partial charge is 0.234 e. The van der Waals surface area contributed by atoms with Gasteiger partial charge in [-0.05, 0) is 31.0 Å². The van der Waals surface area contributed by atoms with E-state index in [4.69, 9.17) is 4.42 Å². The number of imide groups is 1. The molecule has 0 bridgehead atoms. The highest BCUT2D eigenvalue weighted by molar-refractivity contribution is 6.03. The summed E-state index contributed by atoms with van der Waals surface area (Å²) in [6, 6.07) is 5.35. The van der Waals surface area contributed by atoms with Gasteiger partial charge >= 0.3 is 0 Å². The van der Waals surface area contributed by atoms with Gasteiger partial charge in [0, 0.05) is 29.5 Å². The van der Waals surface area contributed by atoms with Crippen LogP contribution < -0.4 is 10.6 Å². The van der Waals surface area contributed by atoms with Crippen LogP contribution in [0.1, 0.15) is 44.1 Å². The molecule has 2 N–H and O–H groups in total. The maximum absolute atomic E-state index is 12.1. The van der Waals surface area contributed by atoms with Gasteiger partial charge in [-0.1, -0.05) is 6.92 Å². The van der Waals surface area contributed by atoms with Crippen LogP contribution in [0.15, 0.2) is 28.9 Å². The number of amides is 3. The number of furan rings is 1. The Morgan fingerprint density at radius 1 is 1.39 bits per heavy atom. The van der Waals surface area contributed by atoms with E-state index in [2.05, 4.69) is 10.6 Å². The average Bonchev–Trinajstić information content (AvgIpc) is 2.90. The van der Waals surface area contributed by atoms with Crippen LogP contribution in [0.5, 0.6) is 0 Å². The van der Waals surface area contributed by atoms with Crippen LogP contribution in [-0.2, 0) is 14.4 Å². The van der Waals surface area contributed by atoms with Gasteiger partial charge in [0.2, 0.25) is 17.7 Å². The number of nitrogens with one attached hydrogen (secondary N) is 2. The van der Waals surface area contributed by atoms with Gasteiger partial charge < -0.3 is 9.73 Å². The maximum Gasteiger partial charge on any atom is 0.234 e. The quantitative estimate of drug-likeness (QED) is 0.849. The molecule has 1 aromatic heterocycles. The zero-order chi connectivity index (χ0) is 16.4. The zero-order valence-electron chi connectivity index (χ0n) is 12.8. The molecule has 0 aliphatic carbocycles. The SMILES string of the molecule is CCCC(=O)Nc1ccc2occ(C3CCC(=O)NC3=O)c2c1. The van der Waals surface area contributed by atoms with Crippen molar-refractivity contribution >= 4 is 34.4 Å².